The minimum absolute atomic E-state index is 0.0577. The zero-order valence-corrected chi connectivity index (χ0v) is 16.3. The monoisotopic (exact) mass is 472 g/mol. The van der Waals surface area contributed by atoms with Crippen LogP contribution in [-0.4, -0.2) is 4.92 Å². The smallest absolute Gasteiger partial charge is 0.281 e. The molecule has 0 amide bonds. The van der Waals surface area contributed by atoms with Crippen molar-refractivity contribution in [2.75, 3.05) is 0 Å². The van der Waals surface area contributed by atoms with Crippen molar-refractivity contribution in [1.82, 2.24) is 0 Å². The van der Waals surface area contributed by atoms with E-state index < -0.39 is 4.92 Å². The summed E-state index contributed by atoms with van der Waals surface area (Å²) in [5.74, 6) is 0.806. The molecule has 0 atom stereocenters. The van der Waals surface area contributed by atoms with Gasteiger partial charge in [0.2, 0.25) is 0 Å². The van der Waals surface area contributed by atoms with Crippen molar-refractivity contribution in [1.29, 1.82) is 5.26 Å². The molecular weight excluding hydrogens is 464 g/mol. The van der Waals surface area contributed by atoms with Crippen LogP contribution in [0.3, 0.4) is 0 Å². The SMILES string of the molecule is N#C/C(=C/c1ccc(-c2ccc(Br)cc2[N+](=O)[O-])o1)c1ccc(Br)cc1. The molecule has 1 heterocycles. The zero-order valence-electron chi connectivity index (χ0n) is 13.1. The molecule has 0 aliphatic carbocycles. The molecule has 0 fully saturated rings. The second kappa shape index (κ2) is 7.68. The molecule has 128 valence electrons. The lowest BCUT2D eigenvalue weighted by Crippen LogP contribution is -1.91. The summed E-state index contributed by atoms with van der Waals surface area (Å²) in [5.41, 5.74) is 1.50. The fourth-order valence-corrected chi connectivity index (χ4v) is 3.00. The summed E-state index contributed by atoms with van der Waals surface area (Å²) in [5, 5.41) is 20.7. The number of nitrogens with zero attached hydrogens (tertiary/aromatic N) is 2. The van der Waals surface area contributed by atoms with Crippen LogP contribution in [0, 0.1) is 21.4 Å². The molecule has 2 aromatic carbocycles. The van der Waals surface area contributed by atoms with E-state index in [2.05, 4.69) is 37.9 Å². The molecule has 3 rings (SSSR count). The summed E-state index contributed by atoms with van der Waals surface area (Å²) in [6.07, 6.45) is 1.61. The lowest BCUT2D eigenvalue weighted by atomic mass is 10.1. The number of hydrogen-bond donors (Lipinski definition) is 0. The second-order valence-corrected chi connectivity index (χ2v) is 7.13. The third-order valence-electron chi connectivity index (χ3n) is 3.61. The van der Waals surface area contributed by atoms with E-state index in [0.717, 1.165) is 10.0 Å². The van der Waals surface area contributed by atoms with Crippen LogP contribution in [0.25, 0.3) is 23.0 Å². The van der Waals surface area contributed by atoms with Gasteiger partial charge < -0.3 is 4.42 Å². The molecule has 0 aliphatic rings. The van der Waals surface area contributed by atoms with Gasteiger partial charge in [-0.2, -0.15) is 5.26 Å². The molecule has 0 aliphatic heterocycles. The number of nitriles is 1. The maximum absolute atomic E-state index is 11.3. The van der Waals surface area contributed by atoms with Gasteiger partial charge in [-0.15, -0.1) is 0 Å². The van der Waals surface area contributed by atoms with Crippen molar-refractivity contribution in [2.24, 2.45) is 0 Å². The van der Waals surface area contributed by atoms with Crippen LogP contribution in [0.15, 0.2) is 68.0 Å². The summed E-state index contributed by atoms with van der Waals surface area (Å²) >= 11 is 6.59. The van der Waals surface area contributed by atoms with E-state index in [1.807, 2.05) is 24.3 Å². The van der Waals surface area contributed by atoms with Crippen LogP contribution in [-0.2, 0) is 0 Å². The molecule has 0 N–H and O–H groups in total. The largest absolute Gasteiger partial charge is 0.456 e. The van der Waals surface area contributed by atoms with Crippen molar-refractivity contribution in [3.8, 4) is 17.4 Å². The van der Waals surface area contributed by atoms with Gasteiger partial charge in [-0.05, 0) is 48.0 Å². The third-order valence-corrected chi connectivity index (χ3v) is 4.63. The van der Waals surface area contributed by atoms with Crippen molar-refractivity contribution < 1.29 is 9.34 Å². The summed E-state index contributed by atoms with van der Waals surface area (Å²) in [4.78, 5) is 10.8. The summed E-state index contributed by atoms with van der Waals surface area (Å²) in [7, 11) is 0. The van der Waals surface area contributed by atoms with Crippen LogP contribution in [0.5, 0.6) is 0 Å². The quantitative estimate of drug-likeness (QED) is 0.248. The van der Waals surface area contributed by atoms with Crippen LogP contribution in [0.1, 0.15) is 11.3 Å². The zero-order chi connectivity index (χ0) is 18.7. The number of benzene rings is 2. The molecular formula is C19H10Br2N2O3. The van der Waals surface area contributed by atoms with Gasteiger partial charge in [0.15, 0.2) is 0 Å². The highest BCUT2D eigenvalue weighted by atomic mass is 79.9. The number of halogens is 2. The van der Waals surface area contributed by atoms with Crippen molar-refractivity contribution in [3.63, 3.8) is 0 Å². The normalized spacial score (nSPS) is 11.2. The first-order chi connectivity index (χ1) is 12.5. The van der Waals surface area contributed by atoms with Gasteiger partial charge in [-0.1, -0.05) is 44.0 Å². The highest BCUT2D eigenvalue weighted by Crippen LogP contribution is 2.34. The van der Waals surface area contributed by atoms with E-state index in [-0.39, 0.29) is 5.69 Å². The Hall–Kier alpha value is -2.69. The standard InChI is InChI=1S/C19H10Br2N2O3/c20-14-3-1-12(2-4-14)13(11-22)9-16-6-8-19(26-16)17-7-5-15(21)10-18(17)23(24)25/h1-10H/b13-9-. The van der Waals surface area contributed by atoms with E-state index in [4.69, 9.17) is 4.42 Å². The van der Waals surface area contributed by atoms with E-state index in [9.17, 15) is 15.4 Å². The Kier molecular flexibility index (Phi) is 5.35. The van der Waals surface area contributed by atoms with Crippen molar-refractivity contribution in [2.45, 2.75) is 0 Å². The van der Waals surface area contributed by atoms with Gasteiger partial charge >= 0.3 is 0 Å². The maximum atomic E-state index is 11.3. The maximum Gasteiger partial charge on any atom is 0.281 e. The number of allylic oxidation sites excluding steroid dienone is 1. The summed E-state index contributed by atoms with van der Waals surface area (Å²) in [6.45, 7) is 0. The molecule has 26 heavy (non-hydrogen) atoms. The van der Waals surface area contributed by atoms with Gasteiger partial charge in [0.1, 0.15) is 11.5 Å². The van der Waals surface area contributed by atoms with Gasteiger partial charge in [-0.3, -0.25) is 10.1 Å². The molecule has 0 bridgehead atoms. The number of furan rings is 1. The van der Waals surface area contributed by atoms with Gasteiger partial charge in [0, 0.05) is 15.0 Å². The van der Waals surface area contributed by atoms with Crippen LogP contribution < -0.4 is 0 Å². The van der Waals surface area contributed by atoms with E-state index in [1.54, 1.807) is 30.3 Å². The first-order valence-corrected chi connectivity index (χ1v) is 8.98. The van der Waals surface area contributed by atoms with Crippen LogP contribution in [0.2, 0.25) is 0 Å². The lowest BCUT2D eigenvalue weighted by Gasteiger charge is -2.01. The fourth-order valence-electron chi connectivity index (χ4n) is 2.39. The molecule has 0 spiro atoms. The highest BCUT2D eigenvalue weighted by Gasteiger charge is 2.18. The summed E-state index contributed by atoms with van der Waals surface area (Å²) in [6, 6.07) is 17.6. The Labute approximate surface area is 166 Å². The minimum atomic E-state index is -0.458. The molecule has 0 saturated heterocycles. The second-order valence-electron chi connectivity index (χ2n) is 5.30. The molecule has 0 radical (unpaired) electrons. The molecule has 0 saturated carbocycles. The average molecular weight is 474 g/mol. The number of hydrogen-bond acceptors (Lipinski definition) is 4. The fraction of sp³-hybridized carbons (Fsp3) is 0. The van der Waals surface area contributed by atoms with E-state index in [1.165, 1.54) is 6.07 Å². The molecule has 0 unspecified atom stereocenters. The number of nitro benzene ring substituents is 1. The summed E-state index contributed by atoms with van der Waals surface area (Å²) < 4.78 is 7.25. The first-order valence-electron chi connectivity index (χ1n) is 7.40. The molecule has 3 aromatic rings. The Bertz CT molecular complexity index is 1050. The lowest BCUT2D eigenvalue weighted by molar-refractivity contribution is -0.384. The van der Waals surface area contributed by atoms with Crippen molar-refractivity contribution in [3.05, 3.63) is 85.0 Å². The number of rotatable bonds is 4. The topological polar surface area (TPSA) is 80.1 Å². The Balaban J connectivity index is 1.99. The molecule has 5 nitrogen and oxygen atoms in total. The molecule has 1 aromatic heterocycles. The van der Waals surface area contributed by atoms with Crippen LogP contribution >= 0.6 is 31.9 Å². The van der Waals surface area contributed by atoms with Gasteiger partial charge in [0.05, 0.1) is 22.1 Å². The number of nitro groups is 1. The third kappa shape index (κ3) is 3.93. The molecule has 7 heteroatoms. The first kappa shape index (κ1) is 18.1. The Morgan fingerprint density at radius 1 is 1.08 bits per heavy atom. The van der Waals surface area contributed by atoms with E-state index in [0.29, 0.717) is 27.1 Å². The van der Waals surface area contributed by atoms with Crippen molar-refractivity contribution >= 4 is 49.2 Å². The predicted octanol–water partition coefficient (Wildman–Crippen LogP) is 6.44. The van der Waals surface area contributed by atoms with Gasteiger partial charge in [-0.25, -0.2) is 0 Å². The predicted molar refractivity (Wildman–Crippen MR) is 106 cm³/mol. The van der Waals surface area contributed by atoms with E-state index >= 15 is 0 Å². The Morgan fingerprint density at radius 3 is 2.42 bits per heavy atom. The minimum Gasteiger partial charge on any atom is -0.456 e. The van der Waals surface area contributed by atoms with Crippen LogP contribution in [0.4, 0.5) is 5.69 Å². The average Bonchev–Trinajstić information content (AvgIpc) is 3.09. The van der Waals surface area contributed by atoms with Gasteiger partial charge in [0.25, 0.3) is 5.69 Å². The highest BCUT2D eigenvalue weighted by molar-refractivity contribution is 9.10. The Morgan fingerprint density at radius 2 is 1.77 bits per heavy atom.